The third kappa shape index (κ3) is 6.00. The topological polar surface area (TPSA) is 96.5 Å². The van der Waals surface area contributed by atoms with Crippen molar-refractivity contribution in [3.8, 4) is 5.75 Å². The number of amides is 3. The van der Waals surface area contributed by atoms with Crippen LogP contribution in [-0.2, 0) is 14.4 Å². The molecule has 0 saturated heterocycles. The Bertz CT molecular complexity index is 863. The Morgan fingerprint density at radius 3 is 2.19 bits per heavy atom. The molecule has 0 bridgehead atoms. The Kier molecular flexibility index (Phi) is 6.79. The summed E-state index contributed by atoms with van der Waals surface area (Å²) < 4.78 is 5.03. The van der Waals surface area contributed by atoms with Crippen LogP contribution in [0.1, 0.15) is 11.1 Å². The second-order valence-electron chi connectivity index (χ2n) is 5.91. The quantitative estimate of drug-likeness (QED) is 0.685. The number of halogens is 1. The fourth-order valence-corrected chi connectivity index (χ4v) is 2.68. The number of carbonyl (C=O) groups excluding carboxylic acids is 3. The second-order valence-corrected chi connectivity index (χ2v) is 6.32. The first-order valence-electron chi connectivity index (χ1n) is 8.09. The molecule has 0 aliphatic heterocycles. The molecule has 0 saturated carbocycles. The van der Waals surface area contributed by atoms with Crippen molar-refractivity contribution in [2.75, 3.05) is 24.3 Å². The van der Waals surface area contributed by atoms with E-state index >= 15 is 0 Å². The molecule has 0 aromatic heterocycles. The van der Waals surface area contributed by atoms with Crippen LogP contribution in [0.3, 0.4) is 0 Å². The molecule has 3 amide bonds. The van der Waals surface area contributed by atoms with Gasteiger partial charge in [0.25, 0.3) is 0 Å². The van der Waals surface area contributed by atoms with E-state index in [1.54, 1.807) is 24.3 Å². The minimum atomic E-state index is -0.905. The number of methoxy groups -OCH3 is 1. The first-order valence-corrected chi connectivity index (χ1v) is 8.47. The second kappa shape index (κ2) is 9.05. The maximum atomic E-state index is 11.9. The number of anilines is 2. The summed E-state index contributed by atoms with van der Waals surface area (Å²) >= 11 is 5.98. The monoisotopic (exact) mass is 389 g/mol. The Morgan fingerprint density at radius 1 is 0.926 bits per heavy atom. The van der Waals surface area contributed by atoms with Crippen LogP contribution in [0, 0.1) is 13.8 Å². The molecule has 0 fully saturated rings. The van der Waals surface area contributed by atoms with E-state index in [0.29, 0.717) is 22.1 Å². The molecule has 7 nitrogen and oxygen atoms in total. The predicted molar refractivity (Wildman–Crippen MR) is 104 cm³/mol. The molecule has 2 aromatic carbocycles. The fourth-order valence-electron chi connectivity index (χ4n) is 2.42. The van der Waals surface area contributed by atoms with E-state index in [2.05, 4.69) is 16.0 Å². The highest BCUT2D eigenvalue weighted by Gasteiger charge is 2.15. The molecular weight excluding hydrogens is 370 g/mol. The van der Waals surface area contributed by atoms with E-state index in [1.807, 2.05) is 19.9 Å². The molecule has 2 rings (SSSR count). The largest absolute Gasteiger partial charge is 0.495 e. The SMILES string of the molecule is COc1ccc(NC(=O)CNC(=O)C(=O)Nc2cc(C)cc(C)c2)cc1Cl. The lowest BCUT2D eigenvalue weighted by molar-refractivity contribution is -0.136. The number of rotatable bonds is 5. The number of aryl methyl sites for hydroxylation is 2. The van der Waals surface area contributed by atoms with Gasteiger partial charge in [0.15, 0.2) is 0 Å². The van der Waals surface area contributed by atoms with Crippen molar-refractivity contribution in [2.24, 2.45) is 0 Å². The molecule has 0 spiro atoms. The molecule has 0 aliphatic rings. The summed E-state index contributed by atoms with van der Waals surface area (Å²) in [6.07, 6.45) is 0. The van der Waals surface area contributed by atoms with E-state index in [0.717, 1.165) is 11.1 Å². The van der Waals surface area contributed by atoms with Gasteiger partial charge in [0.1, 0.15) is 5.75 Å². The van der Waals surface area contributed by atoms with Gasteiger partial charge in [0.05, 0.1) is 18.7 Å². The predicted octanol–water partition coefficient (Wildman–Crippen LogP) is 2.66. The zero-order chi connectivity index (χ0) is 20.0. The molecule has 2 aromatic rings. The Balaban J connectivity index is 1.85. The van der Waals surface area contributed by atoms with Crippen molar-refractivity contribution in [2.45, 2.75) is 13.8 Å². The van der Waals surface area contributed by atoms with Crippen molar-refractivity contribution in [1.82, 2.24) is 5.32 Å². The number of nitrogens with one attached hydrogen (secondary N) is 3. The lowest BCUT2D eigenvalue weighted by Gasteiger charge is -2.10. The number of hydrogen-bond acceptors (Lipinski definition) is 4. The van der Waals surface area contributed by atoms with Crippen molar-refractivity contribution >= 4 is 40.7 Å². The van der Waals surface area contributed by atoms with Gasteiger partial charge in [-0.05, 0) is 55.3 Å². The van der Waals surface area contributed by atoms with Crippen LogP contribution in [0.5, 0.6) is 5.75 Å². The highest BCUT2D eigenvalue weighted by atomic mass is 35.5. The number of benzene rings is 2. The zero-order valence-electron chi connectivity index (χ0n) is 15.2. The maximum Gasteiger partial charge on any atom is 0.313 e. The van der Waals surface area contributed by atoms with Crippen LogP contribution >= 0.6 is 11.6 Å². The average Bonchev–Trinajstić information content (AvgIpc) is 2.59. The molecule has 27 heavy (non-hydrogen) atoms. The summed E-state index contributed by atoms with van der Waals surface area (Å²) in [6, 6.07) is 10.2. The first-order chi connectivity index (χ1) is 12.8. The molecular formula is C19H20ClN3O4. The Morgan fingerprint density at radius 2 is 1.59 bits per heavy atom. The van der Waals surface area contributed by atoms with Crippen molar-refractivity contribution in [3.63, 3.8) is 0 Å². The van der Waals surface area contributed by atoms with Crippen LogP contribution in [0.15, 0.2) is 36.4 Å². The third-order valence-corrected chi connectivity index (χ3v) is 3.83. The molecule has 0 radical (unpaired) electrons. The van der Waals surface area contributed by atoms with E-state index in [-0.39, 0.29) is 6.54 Å². The highest BCUT2D eigenvalue weighted by molar-refractivity contribution is 6.40. The zero-order valence-corrected chi connectivity index (χ0v) is 15.9. The van der Waals surface area contributed by atoms with Crippen LogP contribution in [0.4, 0.5) is 11.4 Å². The number of hydrogen-bond donors (Lipinski definition) is 3. The summed E-state index contributed by atoms with van der Waals surface area (Å²) in [7, 11) is 1.48. The maximum absolute atomic E-state index is 11.9. The summed E-state index contributed by atoms with van der Waals surface area (Å²) in [5, 5.41) is 7.68. The van der Waals surface area contributed by atoms with E-state index in [1.165, 1.54) is 13.2 Å². The van der Waals surface area contributed by atoms with Gasteiger partial charge in [0.2, 0.25) is 5.91 Å². The lowest BCUT2D eigenvalue weighted by Crippen LogP contribution is -2.39. The minimum Gasteiger partial charge on any atom is -0.495 e. The van der Waals surface area contributed by atoms with Crippen molar-refractivity contribution < 1.29 is 19.1 Å². The van der Waals surface area contributed by atoms with Crippen LogP contribution in [-0.4, -0.2) is 31.4 Å². The molecule has 0 heterocycles. The number of carbonyl (C=O) groups is 3. The van der Waals surface area contributed by atoms with Gasteiger partial charge in [-0.15, -0.1) is 0 Å². The van der Waals surface area contributed by atoms with Gasteiger partial charge in [0, 0.05) is 11.4 Å². The smallest absolute Gasteiger partial charge is 0.313 e. The van der Waals surface area contributed by atoms with Gasteiger partial charge in [-0.1, -0.05) is 17.7 Å². The molecule has 0 atom stereocenters. The highest BCUT2D eigenvalue weighted by Crippen LogP contribution is 2.27. The van der Waals surface area contributed by atoms with Crippen LogP contribution in [0.25, 0.3) is 0 Å². The molecule has 0 aliphatic carbocycles. The third-order valence-electron chi connectivity index (χ3n) is 3.53. The minimum absolute atomic E-state index is 0.340. The van der Waals surface area contributed by atoms with Gasteiger partial charge in [-0.2, -0.15) is 0 Å². The van der Waals surface area contributed by atoms with Crippen LogP contribution in [0.2, 0.25) is 5.02 Å². The van der Waals surface area contributed by atoms with Crippen LogP contribution < -0.4 is 20.7 Å². The normalized spacial score (nSPS) is 10.1. The first kappa shape index (κ1) is 20.3. The van der Waals surface area contributed by atoms with E-state index < -0.39 is 17.7 Å². The van der Waals surface area contributed by atoms with E-state index in [4.69, 9.17) is 16.3 Å². The van der Waals surface area contributed by atoms with E-state index in [9.17, 15) is 14.4 Å². The van der Waals surface area contributed by atoms with Crippen molar-refractivity contribution in [3.05, 3.63) is 52.5 Å². The molecule has 3 N–H and O–H groups in total. The average molecular weight is 390 g/mol. The Labute approximate surface area is 162 Å². The van der Waals surface area contributed by atoms with Gasteiger partial charge < -0.3 is 20.7 Å². The number of ether oxygens (including phenoxy) is 1. The van der Waals surface area contributed by atoms with Gasteiger partial charge in [-0.25, -0.2) is 0 Å². The van der Waals surface area contributed by atoms with Crippen molar-refractivity contribution in [1.29, 1.82) is 0 Å². The lowest BCUT2D eigenvalue weighted by atomic mass is 10.1. The van der Waals surface area contributed by atoms with Gasteiger partial charge in [-0.3, -0.25) is 14.4 Å². The molecule has 142 valence electrons. The standard InChI is InChI=1S/C19H20ClN3O4/c1-11-6-12(2)8-14(7-11)23-19(26)18(25)21-10-17(24)22-13-4-5-16(27-3)15(20)9-13/h4-9H,10H2,1-3H3,(H,21,25)(H,22,24)(H,23,26). The summed E-state index contributed by atoms with van der Waals surface area (Å²) in [6.45, 7) is 3.42. The molecule has 8 heteroatoms. The summed E-state index contributed by atoms with van der Waals surface area (Å²) in [5.41, 5.74) is 2.89. The molecule has 0 unspecified atom stereocenters. The van der Waals surface area contributed by atoms with Gasteiger partial charge >= 0.3 is 11.8 Å². The summed E-state index contributed by atoms with van der Waals surface area (Å²) in [4.78, 5) is 35.7. The fraction of sp³-hybridized carbons (Fsp3) is 0.211. The Hall–Kier alpha value is -3.06. The summed E-state index contributed by atoms with van der Waals surface area (Å²) in [5.74, 6) is -1.77.